The number of aromatic nitrogens is 1. The minimum atomic E-state index is -1.96. The van der Waals surface area contributed by atoms with Gasteiger partial charge >= 0.3 is 5.97 Å². The summed E-state index contributed by atoms with van der Waals surface area (Å²) < 4.78 is 19.6. The molecule has 1 aromatic heterocycles. The Kier molecular flexibility index (Phi) is 3.46. The zero-order valence-electron chi connectivity index (χ0n) is 10.1. The van der Waals surface area contributed by atoms with Crippen molar-refractivity contribution < 1.29 is 18.8 Å². The number of carbonyl (C=O) groups is 1. The Bertz CT molecular complexity index is 638. The molecule has 100 valence electrons. The quantitative estimate of drug-likeness (QED) is 0.484. The van der Waals surface area contributed by atoms with Crippen LogP contribution >= 0.6 is 0 Å². The molecule has 0 saturated carbocycles. The number of hydrogen-bond donors (Lipinski definition) is 0. The number of nitro benzene ring substituents is 1. The Morgan fingerprint density at radius 1 is 1.53 bits per heavy atom. The maximum atomic E-state index is 13.9. The first kappa shape index (κ1) is 13.0. The van der Waals surface area contributed by atoms with Gasteiger partial charge in [0.15, 0.2) is 0 Å². The van der Waals surface area contributed by atoms with E-state index in [0.29, 0.717) is 10.9 Å². The van der Waals surface area contributed by atoms with Crippen molar-refractivity contribution in [3.8, 4) is 0 Å². The van der Waals surface area contributed by atoms with E-state index < -0.39 is 17.2 Å². The summed E-state index contributed by atoms with van der Waals surface area (Å²) in [6.07, 6.45) is -0.602. The standard InChI is InChI=1S/C12H11FN2O4/c1-2-19-12(16)11(13)14-6-5-8-7-9(15(17)18)3-4-10(8)14/h3-7,11H,2H2,1H3. The molecule has 0 spiro atoms. The molecule has 0 saturated heterocycles. The molecule has 2 aromatic rings. The van der Waals surface area contributed by atoms with Gasteiger partial charge in [0.05, 0.1) is 17.0 Å². The molecule has 1 atom stereocenters. The van der Waals surface area contributed by atoms with E-state index in [0.717, 1.165) is 4.57 Å². The Hall–Kier alpha value is -2.44. The summed E-state index contributed by atoms with van der Waals surface area (Å²) in [5, 5.41) is 11.1. The van der Waals surface area contributed by atoms with Gasteiger partial charge < -0.3 is 9.30 Å². The van der Waals surface area contributed by atoms with Crippen LogP contribution in [0.2, 0.25) is 0 Å². The monoisotopic (exact) mass is 266 g/mol. The second kappa shape index (κ2) is 5.05. The molecule has 0 aliphatic carbocycles. The zero-order valence-corrected chi connectivity index (χ0v) is 10.1. The lowest BCUT2D eigenvalue weighted by molar-refractivity contribution is -0.384. The van der Waals surface area contributed by atoms with Crippen LogP contribution in [-0.2, 0) is 9.53 Å². The fourth-order valence-corrected chi connectivity index (χ4v) is 1.79. The van der Waals surface area contributed by atoms with Crippen molar-refractivity contribution in [2.45, 2.75) is 13.2 Å². The first-order valence-electron chi connectivity index (χ1n) is 5.60. The Balaban J connectivity index is 2.40. The number of nitrogens with zero attached hydrogens (tertiary/aromatic N) is 2. The zero-order chi connectivity index (χ0) is 14.0. The van der Waals surface area contributed by atoms with E-state index in [4.69, 9.17) is 0 Å². The third-order valence-electron chi connectivity index (χ3n) is 2.64. The van der Waals surface area contributed by atoms with Gasteiger partial charge in [0, 0.05) is 23.7 Å². The fraction of sp³-hybridized carbons (Fsp3) is 0.250. The van der Waals surface area contributed by atoms with Crippen molar-refractivity contribution >= 4 is 22.6 Å². The summed E-state index contributed by atoms with van der Waals surface area (Å²) in [4.78, 5) is 21.4. The second-order valence-electron chi connectivity index (χ2n) is 3.81. The number of rotatable bonds is 4. The Labute approximate surface area is 107 Å². The highest BCUT2D eigenvalue weighted by atomic mass is 19.1. The number of halogens is 1. The van der Waals surface area contributed by atoms with Crippen molar-refractivity contribution in [2.75, 3.05) is 6.61 Å². The number of ether oxygens (including phenoxy) is 1. The molecule has 19 heavy (non-hydrogen) atoms. The molecule has 7 heteroatoms. The van der Waals surface area contributed by atoms with E-state index in [-0.39, 0.29) is 12.3 Å². The summed E-state index contributed by atoms with van der Waals surface area (Å²) in [5.41, 5.74) is 0.308. The van der Waals surface area contributed by atoms with Crippen molar-refractivity contribution in [1.82, 2.24) is 4.57 Å². The van der Waals surface area contributed by atoms with Crippen molar-refractivity contribution in [3.05, 3.63) is 40.6 Å². The van der Waals surface area contributed by atoms with E-state index in [9.17, 15) is 19.3 Å². The number of fused-ring (bicyclic) bond motifs is 1. The van der Waals surface area contributed by atoms with E-state index in [2.05, 4.69) is 4.74 Å². The molecular weight excluding hydrogens is 255 g/mol. The van der Waals surface area contributed by atoms with Gasteiger partial charge in [0.2, 0.25) is 0 Å². The first-order chi connectivity index (χ1) is 9.04. The number of alkyl halides is 1. The van der Waals surface area contributed by atoms with Crippen LogP contribution < -0.4 is 0 Å². The predicted molar refractivity (Wildman–Crippen MR) is 65.4 cm³/mol. The third kappa shape index (κ3) is 2.40. The highest BCUT2D eigenvalue weighted by Gasteiger charge is 2.22. The Morgan fingerprint density at radius 2 is 2.26 bits per heavy atom. The van der Waals surface area contributed by atoms with Gasteiger partial charge in [0.25, 0.3) is 12.0 Å². The topological polar surface area (TPSA) is 74.4 Å². The first-order valence-corrected chi connectivity index (χ1v) is 5.60. The number of benzene rings is 1. The number of hydrogen-bond acceptors (Lipinski definition) is 4. The summed E-state index contributed by atoms with van der Waals surface area (Å²) in [7, 11) is 0. The lowest BCUT2D eigenvalue weighted by atomic mass is 10.2. The van der Waals surface area contributed by atoms with Gasteiger partial charge in [-0.25, -0.2) is 9.18 Å². The SMILES string of the molecule is CCOC(=O)C(F)n1ccc2cc([N+](=O)[O-])ccc21. The Morgan fingerprint density at radius 3 is 2.89 bits per heavy atom. The maximum absolute atomic E-state index is 13.9. The minimum absolute atomic E-state index is 0.0863. The van der Waals surface area contributed by atoms with Crippen molar-refractivity contribution in [1.29, 1.82) is 0 Å². The molecule has 0 N–H and O–H groups in total. The molecule has 0 radical (unpaired) electrons. The smallest absolute Gasteiger partial charge is 0.362 e. The molecule has 0 bridgehead atoms. The molecule has 6 nitrogen and oxygen atoms in total. The van der Waals surface area contributed by atoms with Gasteiger partial charge in [0.1, 0.15) is 0 Å². The number of nitro groups is 1. The van der Waals surface area contributed by atoms with Crippen molar-refractivity contribution in [2.24, 2.45) is 0 Å². The van der Waals surface area contributed by atoms with Crippen LogP contribution in [0.4, 0.5) is 10.1 Å². The van der Waals surface area contributed by atoms with E-state index in [1.54, 1.807) is 6.92 Å². The molecule has 1 unspecified atom stereocenters. The van der Waals surface area contributed by atoms with Gasteiger partial charge in [-0.1, -0.05) is 0 Å². The molecule has 1 heterocycles. The fourth-order valence-electron chi connectivity index (χ4n) is 1.79. The normalized spacial score (nSPS) is 12.3. The summed E-state index contributed by atoms with van der Waals surface area (Å²) >= 11 is 0. The number of carbonyl (C=O) groups excluding carboxylic acids is 1. The molecule has 2 rings (SSSR count). The van der Waals surface area contributed by atoms with E-state index >= 15 is 0 Å². The van der Waals surface area contributed by atoms with Gasteiger partial charge in [-0.05, 0) is 19.1 Å². The molecule has 1 aromatic carbocycles. The van der Waals surface area contributed by atoms with Crippen molar-refractivity contribution in [3.63, 3.8) is 0 Å². The summed E-state index contributed by atoms with van der Waals surface area (Å²) in [6, 6.07) is 5.49. The van der Waals surface area contributed by atoms with Gasteiger partial charge in [-0.3, -0.25) is 10.1 Å². The average molecular weight is 266 g/mol. The highest BCUT2D eigenvalue weighted by Crippen LogP contribution is 2.25. The van der Waals surface area contributed by atoms with E-state index in [1.807, 2.05) is 0 Å². The summed E-state index contributed by atoms with van der Waals surface area (Å²) in [6.45, 7) is 1.67. The minimum Gasteiger partial charge on any atom is -0.462 e. The molecule has 0 amide bonds. The lowest BCUT2D eigenvalue weighted by Crippen LogP contribution is -2.17. The highest BCUT2D eigenvalue weighted by molar-refractivity contribution is 5.84. The molecular formula is C12H11FN2O4. The number of esters is 1. The van der Waals surface area contributed by atoms with Crippen LogP contribution in [0.25, 0.3) is 10.9 Å². The van der Waals surface area contributed by atoms with E-state index in [1.165, 1.54) is 30.5 Å². The van der Waals surface area contributed by atoms with Crippen LogP contribution in [0.1, 0.15) is 13.2 Å². The molecule has 0 aliphatic rings. The van der Waals surface area contributed by atoms with Crippen LogP contribution in [0.5, 0.6) is 0 Å². The van der Waals surface area contributed by atoms with Gasteiger partial charge in [-0.2, -0.15) is 0 Å². The third-order valence-corrected chi connectivity index (χ3v) is 2.64. The van der Waals surface area contributed by atoms with Gasteiger partial charge in [-0.15, -0.1) is 0 Å². The predicted octanol–water partition coefficient (Wildman–Crippen LogP) is 2.58. The molecule has 0 fully saturated rings. The lowest BCUT2D eigenvalue weighted by Gasteiger charge is -2.10. The van der Waals surface area contributed by atoms with Crippen LogP contribution in [-0.4, -0.2) is 22.1 Å². The van der Waals surface area contributed by atoms with Crippen LogP contribution in [0.15, 0.2) is 30.5 Å². The second-order valence-corrected chi connectivity index (χ2v) is 3.81. The summed E-state index contributed by atoms with van der Waals surface area (Å²) in [5.74, 6) is -0.988. The average Bonchev–Trinajstić information content (AvgIpc) is 2.80. The largest absolute Gasteiger partial charge is 0.462 e. The van der Waals surface area contributed by atoms with Crippen LogP contribution in [0.3, 0.4) is 0 Å². The van der Waals surface area contributed by atoms with Crippen LogP contribution in [0, 0.1) is 10.1 Å². The maximum Gasteiger partial charge on any atom is 0.362 e. The molecule has 0 aliphatic heterocycles. The number of non-ortho nitro benzene ring substituents is 1.